The molecule has 2 heterocycles. The zero-order valence-corrected chi connectivity index (χ0v) is 16.1. The van der Waals surface area contributed by atoms with Crippen molar-refractivity contribution in [1.82, 2.24) is 5.01 Å². The average Bonchev–Trinajstić information content (AvgIpc) is 3.19. The van der Waals surface area contributed by atoms with Gasteiger partial charge in [0.15, 0.2) is 12.1 Å². The summed E-state index contributed by atoms with van der Waals surface area (Å²) in [5.41, 5.74) is 0.167. The summed E-state index contributed by atoms with van der Waals surface area (Å²) in [7, 11) is 0. The lowest BCUT2D eigenvalue weighted by Gasteiger charge is -2.20. The highest BCUT2D eigenvalue weighted by Gasteiger charge is 2.55. The molecule has 4 rings (SSSR count). The van der Waals surface area contributed by atoms with Gasteiger partial charge in [-0.3, -0.25) is 19.4 Å². The Morgan fingerprint density at radius 2 is 1.83 bits per heavy atom. The van der Waals surface area contributed by atoms with Crippen molar-refractivity contribution in [2.45, 2.75) is 12.1 Å². The van der Waals surface area contributed by atoms with Crippen molar-refractivity contribution >= 4 is 45.0 Å². The molecule has 0 aromatic heterocycles. The molecule has 2 aromatic rings. The zero-order chi connectivity index (χ0) is 20.7. The van der Waals surface area contributed by atoms with E-state index in [9.17, 15) is 23.2 Å². The number of nitrogens with zero attached hydrogens (tertiary/aromatic N) is 4. The van der Waals surface area contributed by atoms with Gasteiger partial charge in [0.25, 0.3) is 11.8 Å². The van der Waals surface area contributed by atoms with Crippen LogP contribution < -0.4 is 10.2 Å². The van der Waals surface area contributed by atoms with Crippen LogP contribution in [0.5, 0.6) is 0 Å². The van der Waals surface area contributed by atoms with E-state index in [0.717, 1.165) is 26.5 Å². The van der Waals surface area contributed by atoms with E-state index >= 15 is 0 Å². The lowest BCUT2D eigenvalue weighted by molar-refractivity contribution is -0.123. The van der Waals surface area contributed by atoms with E-state index in [1.165, 1.54) is 0 Å². The van der Waals surface area contributed by atoms with E-state index in [1.54, 1.807) is 24.3 Å². The van der Waals surface area contributed by atoms with E-state index in [-0.39, 0.29) is 5.69 Å². The number of imide groups is 1. The SMILES string of the molecule is O=C(CN1N=NC2C(=O)N(c3ccc(Br)cc3)C(=O)C21)Nc1ccc(F)cc1F. The third kappa shape index (κ3) is 3.48. The van der Waals surface area contributed by atoms with Gasteiger partial charge in [0.1, 0.15) is 18.2 Å². The van der Waals surface area contributed by atoms with E-state index in [2.05, 4.69) is 31.6 Å². The summed E-state index contributed by atoms with van der Waals surface area (Å²) in [5.74, 6) is -3.52. The molecule has 2 aliphatic heterocycles. The maximum absolute atomic E-state index is 13.7. The second-order valence-electron chi connectivity index (χ2n) is 6.35. The fraction of sp³-hybridized carbons (Fsp3) is 0.167. The van der Waals surface area contributed by atoms with Crippen molar-refractivity contribution in [1.29, 1.82) is 0 Å². The second kappa shape index (κ2) is 7.32. The van der Waals surface area contributed by atoms with Gasteiger partial charge in [0.2, 0.25) is 5.91 Å². The van der Waals surface area contributed by atoms with Crippen LogP contribution in [0.1, 0.15) is 0 Å². The number of carbonyl (C=O) groups excluding carboxylic acids is 3. The summed E-state index contributed by atoms with van der Waals surface area (Å²) in [6, 6.07) is 7.18. The lowest BCUT2D eigenvalue weighted by Crippen LogP contribution is -2.43. The van der Waals surface area contributed by atoms with Crippen LogP contribution in [0.2, 0.25) is 0 Å². The van der Waals surface area contributed by atoms with E-state index in [0.29, 0.717) is 11.8 Å². The minimum absolute atomic E-state index is 0.214. The Hall–Kier alpha value is -3.21. The molecule has 1 N–H and O–H groups in total. The van der Waals surface area contributed by atoms with Gasteiger partial charge >= 0.3 is 0 Å². The molecule has 1 fully saturated rings. The number of amides is 3. The topological polar surface area (TPSA) is 94.4 Å². The molecule has 11 heteroatoms. The summed E-state index contributed by atoms with van der Waals surface area (Å²) in [5, 5.41) is 10.9. The van der Waals surface area contributed by atoms with Crippen LogP contribution in [0.25, 0.3) is 0 Å². The van der Waals surface area contributed by atoms with Crippen molar-refractivity contribution in [2.24, 2.45) is 10.3 Å². The Labute approximate surface area is 171 Å². The van der Waals surface area contributed by atoms with Crippen molar-refractivity contribution < 1.29 is 23.2 Å². The van der Waals surface area contributed by atoms with Crippen LogP contribution in [0.15, 0.2) is 57.3 Å². The Bertz CT molecular complexity index is 1050. The molecule has 0 bridgehead atoms. The summed E-state index contributed by atoms with van der Waals surface area (Å²) >= 11 is 3.28. The normalized spacial score (nSPS) is 20.4. The number of nitrogens with one attached hydrogen (secondary N) is 1. The number of fused-ring (bicyclic) bond motifs is 1. The van der Waals surface area contributed by atoms with Crippen LogP contribution in [0.3, 0.4) is 0 Å². The number of carbonyl (C=O) groups is 3. The first-order chi connectivity index (χ1) is 13.8. The zero-order valence-electron chi connectivity index (χ0n) is 14.6. The minimum atomic E-state index is -1.06. The fourth-order valence-corrected chi connectivity index (χ4v) is 3.39. The molecule has 0 aliphatic carbocycles. The summed E-state index contributed by atoms with van der Waals surface area (Å²) in [6.45, 7) is -0.436. The Balaban J connectivity index is 1.49. The minimum Gasteiger partial charge on any atom is -0.322 e. The fourth-order valence-electron chi connectivity index (χ4n) is 3.13. The predicted octanol–water partition coefficient (Wildman–Crippen LogP) is 2.66. The summed E-state index contributed by atoms with van der Waals surface area (Å²) in [4.78, 5) is 38.7. The molecule has 2 atom stereocenters. The molecule has 2 unspecified atom stereocenters. The Kier molecular flexibility index (Phi) is 4.82. The lowest BCUT2D eigenvalue weighted by atomic mass is 10.1. The molecule has 29 heavy (non-hydrogen) atoms. The molecule has 0 radical (unpaired) electrons. The first-order valence-electron chi connectivity index (χ1n) is 8.41. The number of benzene rings is 2. The highest BCUT2D eigenvalue weighted by atomic mass is 79.9. The van der Waals surface area contributed by atoms with Gasteiger partial charge < -0.3 is 5.32 Å². The molecule has 3 amide bonds. The Morgan fingerprint density at radius 3 is 2.52 bits per heavy atom. The van der Waals surface area contributed by atoms with Crippen LogP contribution in [-0.2, 0) is 14.4 Å². The first kappa shape index (κ1) is 19.1. The molecule has 148 valence electrons. The third-order valence-corrected chi connectivity index (χ3v) is 4.98. The van der Waals surface area contributed by atoms with Crippen LogP contribution in [0, 0.1) is 11.6 Å². The standard InChI is InChI=1S/C18H12BrF2N5O3/c19-9-1-4-11(5-2-9)26-17(28)15-16(18(26)29)25(24-23-15)8-14(27)22-13-6-3-10(20)7-12(13)21/h1-7,15-16H,8H2,(H,22,27). The molecular formula is C18H12BrF2N5O3. The highest BCUT2D eigenvalue weighted by molar-refractivity contribution is 9.10. The van der Waals surface area contributed by atoms with Gasteiger partial charge in [-0.2, -0.15) is 5.11 Å². The first-order valence-corrected chi connectivity index (χ1v) is 9.20. The third-order valence-electron chi connectivity index (χ3n) is 4.45. The molecule has 2 aliphatic rings. The van der Waals surface area contributed by atoms with Crippen molar-refractivity contribution in [3.8, 4) is 0 Å². The van der Waals surface area contributed by atoms with Crippen LogP contribution >= 0.6 is 15.9 Å². The number of halogens is 3. The van der Waals surface area contributed by atoms with Gasteiger partial charge in [0, 0.05) is 10.5 Å². The van der Waals surface area contributed by atoms with Crippen LogP contribution in [0.4, 0.5) is 20.2 Å². The second-order valence-corrected chi connectivity index (χ2v) is 7.27. The largest absolute Gasteiger partial charge is 0.322 e. The number of rotatable bonds is 4. The maximum Gasteiger partial charge on any atom is 0.263 e. The van der Waals surface area contributed by atoms with E-state index in [1.807, 2.05) is 0 Å². The van der Waals surface area contributed by atoms with Crippen molar-refractivity contribution in [3.05, 3.63) is 58.6 Å². The molecule has 8 nitrogen and oxygen atoms in total. The van der Waals surface area contributed by atoms with Crippen molar-refractivity contribution in [2.75, 3.05) is 16.8 Å². The average molecular weight is 464 g/mol. The van der Waals surface area contributed by atoms with Gasteiger partial charge in [-0.25, -0.2) is 13.7 Å². The molecular weight excluding hydrogens is 452 g/mol. The quantitative estimate of drug-likeness (QED) is 0.705. The molecule has 1 saturated heterocycles. The highest BCUT2D eigenvalue weighted by Crippen LogP contribution is 2.32. The van der Waals surface area contributed by atoms with E-state index < -0.39 is 48.0 Å². The van der Waals surface area contributed by atoms with Crippen molar-refractivity contribution in [3.63, 3.8) is 0 Å². The van der Waals surface area contributed by atoms with Gasteiger partial charge in [-0.05, 0) is 36.4 Å². The predicted molar refractivity (Wildman–Crippen MR) is 101 cm³/mol. The molecule has 0 spiro atoms. The van der Waals surface area contributed by atoms with Crippen LogP contribution in [-0.4, -0.2) is 41.4 Å². The molecule has 0 saturated carbocycles. The Morgan fingerprint density at radius 1 is 1.10 bits per heavy atom. The maximum atomic E-state index is 13.7. The molecule has 2 aromatic carbocycles. The summed E-state index contributed by atoms with van der Waals surface area (Å²) < 4.78 is 27.5. The smallest absolute Gasteiger partial charge is 0.263 e. The van der Waals surface area contributed by atoms with Gasteiger partial charge in [-0.1, -0.05) is 21.2 Å². The number of hydrogen-bond donors (Lipinski definition) is 1. The number of hydrogen-bond acceptors (Lipinski definition) is 6. The summed E-state index contributed by atoms with van der Waals surface area (Å²) in [6.07, 6.45) is 0. The van der Waals surface area contributed by atoms with Gasteiger partial charge in [0.05, 0.1) is 11.4 Å². The van der Waals surface area contributed by atoms with Gasteiger partial charge in [-0.15, -0.1) is 0 Å². The van der Waals surface area contributed by atoms with E-state index in [4.69, 9.17) is 0 Å². The monoisotopic (exact) mass is 463 g/mol. The number of anilines is 2.